The lowest BCUT2D eigenvalue weighted by Gasteiger charge is -2.28. The SMILES string of the molecule is CC/C=C\C/C=C\C/C=C\C/C=C\C/C=C\CCCCCCCCOCC(COP(=O)([O-])OCC[N+](C)(C)C)OC(=O)CCCCCCCC/C=C\C/C=C\C/C=C\CCCCC. The number of likely N-dealkylation sites (N-methyl/N-ethyl adjacent to an activating group) is 1. The van der Waals surface area contributed by atoms with Gasteiger partial charge in [0.05, 0.1) is 34.4 Å². The molecular formula is C54H94NO7P. The molecule has 0 saturated heterocycles. The first-order chi connectivity index (χ1) is 30.6. The molecule has 0 heterocycles. The summed E-state index contributed by atoms with van der Waals surface area (Å²) >= 11 is 0. The molecule has 0 rings (SSSR count). The number of carbonyl (C=O) groups is 1. The fourth-order valence-corrected chi connectivity index (χ4v) is 7.01. The van der Waals surface area contributed by atoms with Gasteiger partial charge in [-0.1, -0.05) is 175 Å². The largest absolute Gasteiger partial charge is 0.756 e. The van der Waals surface area contributed by atoms with Crippen molar-refractivity contribution in [1.29, 1.82) is 0 Å². The average Bonchev–Trinajstić information content (AvgIpc) is 3.24. The third kappa shape index (κ3) is 50.3. The highest BCUT2D eigenvalue weighted by molar-refractivity contribution is 7.45. The van der Waals surface area contributed by atoms with Crippen LogP contribution in [0.2, 0.25) is 0 Å². The third-order valence-electron chi connectivity index (χ3n) is 10.1. The van der Waals surface area contributed by atoms with Crippen LogP contribution in [0, 0.1) is 0 Å². The van der Waals surface area contributed by atoms with E-state index in [9.17, 15) is 14.3 Å². The Morgan fingerprint density at radius 2 is 0.921 bits per heavy atom. The Balaban J connectivity index is 4.26. The van der Waals surface area contributed by atoms with Crippen LogP contribution < -0.4 is 4.89 Å². The first kappa shape index (κ1) is 60.4. The zero-order chi connectivity index (χ0) is 46.2. The Labute approximate surface area is 387 Å². The first-order valence-electron chi connectivity index (χ1n) is 25.0. The minimum Gasteiger partial charge on any atom is -0.756 e. The highest BCUT2D eigenvalue weighted by atomic mass is 31.2. The summed E-state index contributed by atoms with van der Waals surface area (Å²) in [6.07, 6.45) is 62.8. The molecule has 0 saturated carbocycles. The van der Waals surface area contributed by atoms with Gasteiger partial charge in [0.2, 0.25) is 0 Å². The lowest BCUT2D eigenvalue weighted by atomic mass is 10.1. The van der Waals surface area contributed by atoms with Crippen molar-refractivity contribution in [2.75, 3.05) is 54.1 Å². The van der Waals surface area contributed by atoms with Gasteiger partial charge >= 0.3 is 5.97 Å². The number of phosphoric acid groups is 1. The molecule has 0 aliphatic heterocycles. The van der Waals surface area contributed by atoms with Crippen molar-refractivity contribution in [2.45, 2.75) is 187 Å². The van der Waals surface area contributed by atoms with E-state index in [1.54, 1.807) is 0 Å². The van der Waals surface area contributed by atoms with E-state index < -0.39 is 13.9 Å². The Kier molecular flexibility index (Phi) is 44.1. The number of carbonyl (C=O) groups excluding carboxylic acids is 1. The number of hydrogen-bond donors (Lipinski definition) is 0. The molecule has 8 nitrogen and oxygen atoms in total. The van der Waals surface area contributed by atoms with Crippen molar-refractivity contribution in [2.24, 2.45) is 0 Å². The zero-order valence-electron chi connectivity index (χ0n) is 41.0. The number of phosphoric ester groups is 1. The van der Waals surface area contributed by atoms with Gasteiger partial charge in [-0.3, -0.25) is 9.36 Å². The van der Waals surface area contributed by atoms with Gasteiger partial charge in [-0.25, -0.2) is 0 Å². The summed E-state index contributed by atoms with van der Waals surface area (Å²) in [5.74, 6) is -0.356. The van der Waals surface area contributed by atoms with E-state index >= 15 is 0 Å². The summed E-state index contributed by atoms with van der Waals surface area (Å²) < 4.78 is 34.7. The summed E-state index contributed by atoms with van der Waals surface area (Å²) in [7, 11) is 1.32. The minimum absolute atomic E-state index is 0.0144. The second-order valence-corrected chi connectivity index (χ2v) is 18.8. The van der Waals surface area contributed by atoms with E-state index in [0.29, 0.717) is 17.6 Å². The fourth-order valence-electron chi connectivity index (χ4n) is 6.28. The second-order valence-electron chi connectivity index (χ2n) is 17.4. The molecule has 63 heavy (non-hydrogen) atoms. The number of allylic oxidation sites excluding steroid dienone is 16. The smallest absolute Gasteiger partial charge is 0.306 e. The quantitative estimate of drug-likeness (QED) is 0.0197. The first-order valence-corrected chi connectivity index (χ1v) is 26.4. The number of unbranched alkanes of at least 4 members (excludes halogenated alkanes) is 15. The Morgan fingerprint density at radius 1 is 0.508 bits per heavy atom. The van der Waals surface area contributed by atoms with Gasteiger partial charge in [-0.2, -0.15) is 0 Å². The van der Waals surface area contributed by atoms with Crippen LogP contribution in [0.4, 0.5) is 0 Å². The van der Waals surface area contributed by atoms with Crippen LogP contribution in [0.1, 0.15) is 181 Å². The summed E-state index contributed by atoms with van der Waals surface area (Å²) in [4.78, 5) is 25.2. The molecular weight excluding hydrogens is 806 g/mol. The lowest BCUT2D eigenvalue weighted by molar-refractivity contribution is -0.870. The maximum absolute atomic E-state index is 12.7. The highest BCUT2D eigenvalue weighted by Crippen LogP contribution is 2.38. The van der Waals surface area contributed by atoms with Gasteiger partial charge in [0, 0.05) is 13.0 Å². The Morgan fingerprint density at radius 3 is 1.38 bits per heavy atom. The molecule has 0 N–H and O–H groups in total. The molecule has 2 atom stereocenters. The van der Waals surface area contributed by atoms with Gasteiger partial charge in [-0.15, -0.1) is 0 Å². The molecule has 0 bridgehead atoms. The number of nitrogens with zero attached hydrogens (tertiary/aromatic N) is 1. The van der Waals surface area contributed by atoms with E-state index in [0.717, 1.165) is 103 Å². The standard InChI is InChI=1S/C54H94NO7P/c1-6-8-10-12-14-16-18-20-22-24-26-27-28-30-32-34-36-38-40-42-44-46-49-59-51-53(52-61-63(57,58)60-50-48-55(3,4)5)62-54(56)47-45-43-41-39-37-35-33-31-29-25-23-21-19-17-15-13-11-9-7-2/h8,10,14-17,20-23,26-27,29-32,53H,6-7,9,11-13,18-19,24-25,28,33-52H2,1-5H3/b10-8-,16-14-,17-15-,22-20-,23-21-,27-26-,31-29-,32-30-. The number of hydrogen-bond acceptors (Lipinski definition) is 7. The van der Waals surface area contributed by atoms with Crippen molar-refractivity contribution >= 4 is 13.8 Å². The average molecular weight is 900 g/mol. The Hall–Kier alpha value is -2.58. The summed E-state index contributed by atoms with van der Waals surface area (Å²) in [5.41, 5.74) is 0. The highest BCUT2D eigenvalue weighted by Gasteiger charge is 2.20. The molecule has 0 aromatic carbocycles. The van der Waals surface area contributed by atoms with Gasteiger partial charge in [0.15, 0.2) is 0 Å². The molecule has 0 aliphatic carbocycles. The van der Waals surface area contributed by atoms with Gasteiger partial charge in [0.25, 0.3) is 7.82 Å². The van der Waals surface area contributed by atoms with Crippen LogP contribution in [0.15, 0.2) is 97.2 Å². The number of ether oxygens (including phenoxy) is 2. The van der Waals surface area contributed by atoms with E-state index in [1.165, 1.54) is 57.8 Å². The fraction of sp³-hybridized carbons (Fsp3) is 0.685. The summed E-state index contributed by atoms with van der Waals surface area (Å²) in [6.45, 7) is 5.20. The molecule has 0 radical (unpaired) electrons. The molecule has 9 heteroatoms. The van der Waals surface area contributed by atoms with Crippen LogP contribution in [0.25, 0.3) is 0 Å². The maximum atomic E-state index is 12.7. The third-order valence-corrected chi connectivity index (χ3v) is 11.1. The lowest BCUT2D eigenvalue weighted by Crippen LogP contribution is -2.37. The van der Waals surface area contributed by atoms with Crippen LogP contribution >= 0.6 is 7.82 Å². The Bertz CT molecular complexity index is 1320. The molecule has 0 spiro atoms. The van der Waals surface area contributed by atoms with Crippen molar-refractivity contribution in [1.82, 2.24) is 0 Å². The molecule has 0 fully saturated rings. The predicted molar refractivity (Wildman–Crippen MR) is 268 cm³/mol. The van der Waals surface area contributed by atoms with E-state index in [-0.39, 0.29) is 32.2 Å². The predicted octanol–water partition coefficient (Wildman–Crippen LogP) is 14.8. The monoisotopic (exact) mass is 900 g/mol. The van der Waals surface area contributed by atoms with E-state index in [1.807, 2.05) is 21.1 Å². The minimum atomic E-state index is -4.55. The van der Waals surface area contributed by atoms with Gasteiger partial charge in [0.1, 0.15) is 19.3 Å². The normalized spacial score (nSPS) is 14.4. The topological polar surface area (TPSA) is 94.1 Å². The van der Waals surface area contributed by atoms with Crippen LogP contribution in [0.5, 0.6) is 0 Å². The molecule has 362 valence electrons. The second kappa shape index (κ2) is 46.0. The molecule has 0 aromatic heterocycles. The van der Waals surface area contributed by atoms with Crippen LogP contribution in [-0.2, 0) is 27.9 Å². The molecule has 0 amide bonds. The summed E-state index contributed by atoms with van der Waals surface area (Å²) in [5, 5.41) is 0. The van der Waals surface area contributed by atoms with Crippen molar-refractivity contribution in [3.63, 3.8) is 0 Å². The van der Waals surface area contributed by atoms with Crippen molar-refractivity contribution < 1.29 is 37.3 Å². The van der Waals surface area contributed by atoms with Crippen LogP contribution in [-0.4, -0.2) is 70.7 Å². The van der Waals surface area contributed by atoms with Crippen LogP contribution in [0.3, 0.4) is 0 Å². The molecule has 0 aromatic rings. The number of esters is 1. The van der Waals surface area contributed by atoms with E-state index in [2.05, 4.69) is 111 Å². The number of rotatable bonds is 45. The van der Waals surface area contributed by atoms with Gasteiger partial charge < -0.3 is 27.9 Å². The van der Waals surface area contributed by atoms with Gasteiger partial charge in [-0.05, 0) is 96.3 Å². The molecule has 0 aliphatic rings. The van der Waals surface area contributed by atoms with E-state index in [4.69, 9.17) is 18.5 Å². The summed E-state index contributed by atoms with van der Waals surface area (Å²) in [6, 6.07) is 0. The van der Waals surface area contributed by atoms with Crippen molar-refractivity contribution in [3.05, 3.63) is 97.2 Å². The number of quaternary nitrogens is 1. The zero-order valence-corrected chi connectivity index (χ0v) is 41.9. The molecule has 2 unspecified atom stereocenters. The van der Waals surface area contributed by atoms with Crippen molar-refractivity contribution in [3.8, 4) is 0 Å². The maximum Gasteiger partial charge on any atom is 0.306 e.